The Balaban J connectivity index is 1.91. The molecular weight excluding hydrogens is 560 g/mol. The summed E-state index contributed by atoms with van der Waals surface area (Å²) in [6.07, 6.45) is 2.02. The fourth-order valence-electron chi connectivity index (χ4n) is 4.61. The van der Waals surface area contributed by atoms with Crippen molar-refractivity contribution >= 4 is 27.5 Å². The van der Waals surface area contributed by atoms with Gasteiger partial charge in [-0.15, -0.1) is 0 Å². The SMILES string of the molecule is CC[C@H](C)NC(=O)[C@H](Cc1ccccc1)N(Cc1ccccc1C)C(=O)CCCN(c1ccc(F)c(F)c1)S(C)(=O)=O. The van der Waals surface area contributed by atoms with E-state index < -0.39 is 27.7 Å². The molecule has 0 aliphatic carbocycles. The van der Waals surface area contributed by atoms with Gasteiger partial charge in [0.25, 0.3) is 0 Å². The molecule has 3 aromatic carbocycles. The Morgan fingerprint density at radius 1 is 0.952 bits per heavy atom. The monoisotopic (exact) mass is 599 g/mol. The van der Waals surface area contributed by atoms with Crippen molar-refractivity contribution in [2.75, 3.05) is 17.1 Å². The number of carbonyl (C=O) groups is 2. The van der Waals surface area contributed by atoms with Crippen LogP contribution >= 0.6 is 0 Å². The average molecular weight is 600 g/mol. The van der Waals surface area contributed by atoms with E-state index in [0.717, 1.165) is 45.8 Å². The number of rotatable bonds is 14. The van der Waals surface area contributed by atoms with Gasteiger partial charge in [0.2, 0.25) is 21.8 Å². The summed E-state index contributed by atoms with van der Waals surface area (Å²) in [5.41, 5.74) is 2.72. The van der Waals surface area contributed by atoms with E-state index >= 15 is 0 Å². The summed E-state index contributed by atoms with van der Waals surface area (Å²) in [5, 5.41) is 3.02. The number of amides is 2. The summed E-state index contributed by atoms with van der Waals surface area (Å²) in [6.45, 7) is 5.87. The zero-order valence-corrected chi connectivity index (χ0v) is 25.3. The third kappa shape index (κ3) is 9.11. The van der Waals surface area contributed by atoms with E-state index in [-0.39, 0.29) is 49.5 Å². The van der Waals surface area contributed by atoms with Gasteiger partial charge in [0, 0.05) is 38.0 Å². The maximum Gasteiger partial charge on any atom is 0.243 e. The van der Waals surface area contributed by atoms with E-state index in [0.29, 0.717) is 6.42 Å². The Morgan fingerprint density at radius 2 is 1.62 bits per heavy atom. The molecule has 10 heteroatoms. The van der Waals surface area contributed by atoms with Gasteiger partial charge in [0.05, 0.1) is 11.9 Å². The highest BCUT2D eigenvalue weighted by molar-refractivity contribution is 7.92. The Morgan fingerprint density at radius 3 is 2.24 bits per heavy atom. The molecule has 3 rings (SSSR count). The molecule has 0 radical (unpaired) electrons. The normalized spacial score (nSPS) is 12.8. The molecule has 0 unspecified atom stereocenters. The van der Waals surface area contributed by atoms with Crippen LogP contribution in [0.1, 0.15) is 49.8 Å². The second-order valence-electron chi connectivity index (χ2n) is 10.5. The van der Waals surface area contributed by atoms with Gasteiger partial charge >= 0.3 is 0 Å². The van der Waals surface area contributed by atoms with E-state index in [1.54, 1.807) is 4.90 Å². The number of carbonyl (C=O) groups excluding carboxylic acids is 2. The molecule has 42 heavy (non-hydrogen) atoms. The molecular formula is C32H39F2N3O4S. The molecule has 0 saturated carbocycles. The summed E-state index contributed by atoms with van der Waals surface area (Å²) in [7, 11) is -3.85. The zero-order chi connectivity index (χ0) is 30.9. The number of sulfonamides is 1. The van der Waals surface area contributed by atoms with E-state index in [1.807, 2.05) is 75.4 Å². The van der Waals surface area contributed by atoms with Crippen molar-refractivity contribution in [2.45, 2.75) is 65.1 Å². The van der Waals surface area contributed by atoms with Gasteiger partial charge in [-0.3, -0.25) is 13.9 Å². The number of hydrogen-bond donors (Lipinski definition) is 1. The third-order valence-corrected chi connectivity index (χ3v) is 8.41. The highest BCUT2D eigenvalue weighted by atomic mass is 32.2. The zero-order valence-electron chi connectivity index (χ0n) is 24.5. The lowest BCUT2D eigenvalue weighted by molar-refractivity contribution is -0.141. The van der Waals surface area contributed by atoms with Crippen LogP contribution in [0.25, 0.3) is 0 Å². The molecule has 2 atom stereocenters. The Hall–Kier alpha value is -3.79. The fourth-order valence-corrected chi connectivity index (χ4v) is 5.57. The highest BCUT2D eigenvalue weighted by Crippen LogP contribution is 2.23. The van der Waals surface area contributed by atoms with E-state index in [4.69, 9.17) is 0 Å². The lowest BCUT2D eigenvalue weighted by Gasteiger charge is -2.33. The lowest BCUT2D eigenvalue weighted by Crippen LogP contribution is -2.52. The molecule has 226 valence electrons. The highest BCUT2D eigenvalue weighted by Gasteiger charge is 2.31. The summed E-state index contributed by atoms with van der Waals surface area (Å²) >= 11 is 0. The van der Waals surface area contributed by atoms with Crippen molar-refractivity contribution < 1.29 is 26.8 Å². The summed E-state index contributed by atoms with van der Waals surface area (Å²) < 4.78 is 53.3. The molecule has 2 amide bonds. The molecule has 0 spiro atoms. The maximum absolute atomic E-state index is 13.9. The Labute approximate surface area is 247 Å². The smallest absolute Gasteiger partial charge is 0.243 e. The van der Waals surface area contributed by atoms with Gasteiger partial charge in [-0.1, -0.05) is 61.5 Å². The molecule has 3 aromatic rings. The minimum absolute atomic E-state index is 0.0319. The van der Waals surface area contributed by atoms with Gasteiger partial charge in [-0.2, -0.15) is 0 Å². The van der Waals surface area contributed by atoms with Crippen LogP contribution in [-0.4, -0.2) is 50.0 Å². The van der Waals surface area contributed by atoms with Gasteiger partial charge in [-0.05, 0) is 55.5 Å². The molecule has 0 saturated heterocycles. The van der Waals surface area contributed by atoms with E-state index in [2.05, 4.69) is 5.32 Å². The molecule has 0 aromatic heterocycles. The van der Waals surface area contributed by atoms with Crippen molar-refractivity contribution in [2.24, 2.45) is 0 Å². The van der Waals surface area contributed by atoms with Crippen LogP contribution in [0.2, 0.25) is 0 Å². The largest absolute Gasteiger partial charge is 0.352 e. The summed E-state index contributed by atoms with van der Waals surface area (Å²) in [5.74, 6) is -2.85. The predicted octanol–water partition coefficient (Wildman–Crippen LogP) is 5.37. The first-order chi connectivity index (χ1) is 19.9. The number of halogens is 2. The first kappa shape index (κ1) is 32.7. The standard InChI is InChI=1S/C32H39F2N3O4S/c1-5-24(3)35-32(39)30(20-25-13-7-6-8-14-25)36(22-26-15-10-9-12-23(26)2)31(38)16-11-19-37(42(4,40)41)27-17-18-28(33)29(34)21-27/h6-10,12-15,17-18,21,24,30H,5,11,16,19-20,22H2,1-4H3,(H,35,39)/t24-,30-/m0/s1. The number of nitrogens with zero attached hydrogens (tertiary/aromatic N) is 2. The van der Waals surface area contributed by atoms with Crippen molar-refractivity contribution in [1.29, 1.82) is 0 Å². The predicted molar refractivity (Wildman–Crippen MR) is 161 cm³/mol. The molecule has 0 fully saturated rings. The van der Waals surface area contributed by atoms with Crippen LogP contribution in [0.5, 0.6) is 0 Å². The van der Waals surface area contributed by atoms with Crippen molar-refractivity contribution in [3.05, 3.63) is 101 Å². The van der Waals surface area contributed by atoms with Gasteiger partial charge < -0.3 is 10.2 Å². The van der Waals surface area contributed by atoms with Crippen molar-refractivity contribution in [3.8, 4) is 0 Å². The fraction of sp³-hybridized carbons (Fsp3) is 0.375. The van der Waals surface area contributed by atoms with E-state index in [9.17, 15) is 26.8 Å². The number of aryl methyl sites for hydroxylation is 1. The Kier molecular flexibility index (Phi) is 11.6. The van der Waals surface area contributed by atoms with Crippen LogP contribution in [0.15, 0.2) is 72.8 Å². The van der Waals surface area contributed by atoms with Crippen LogP contribution in [0.4, 0.5) is 14.5 Å². The molecule has 7 nitrogen and oxygen atoms in total. The quantitative estimate of drug-likeness (QED) is 0.270. The first-order valence-electron chi connectivity index (χ1n) is 14.0. The van der Waals surface area contributed by atoms with Crippen molar-refractivity contribution in [1.82, 2.24) is 10.2 Å². The third-order valence-electron chi connectivity index (χ3n) is 7.22. The van der Waals surface area contributed by atoms with Gasteiger partial charge in [-0.25, -0.2) is 17.2 Å². The molecule has 0 heterocycles. The summed E-state index contributed by atoms with van der Waals surface area (Å²) in [6, 6.07) is 19.0. The number of benzene rings is 3. The van der Waals surface area contributed by atoms with Crippen LogP contribution in [0, 0.1) is 18.6 Å². The van der Waals surface area contributed by atoms with E-state index in [1.165, 1.54) is 6.07 Å². The molecule has 0 bridgehead atoms. The minimum atomic E-state index is -3.85. The Bertz CT molecular complexity index is 1470. The van der Waals surface area contributed by atoms with Crippen LogP contribution in [0.3, 0.4) is 0 Å². The molecule has 0 aliphatic heterocycles. The topological polar surface area (TPSA) is 86.8 Å². The minimum Gasteiger partial charge on any atom is -0.352 e. The summed E-state index contributed by atoms with van der Waals surface area (Å²) in [4.78, 5) is 29.1. The van der Waals surface area contributed by atoms with Gasteiger partial charge in [0.1, 0.15) is 6.04 Å². The number of nitrogens with one attached hydrogen (secondary N) is 1. The maximum atomic E-state index is 13.9. The second kappa shape index (κ2) is 14.9. The molecule has 1 N–H and O–H groups in total. The second-order valence-corrected chi connectivity index (χ2v) is 12.4. The first-order valence-corrected chi connectivity index (χ1v) is 15.9. The van der Waals surface area contributed by atoms with Gasteiger partial charge in [0.15, 0.2) is 11.6 Å². The van der Waals surface area contributed by atoms with Crippen LogP contribution in [-0.2, 0) is 32.6 Å². The van der Waals surface area contributed by atoms with Crippen LogP contribution < -0.4 is 9.62 Å². The molecule has 0 aliphatic rings. The van der Waals surface area contributed by atoms with Crippen molar-refractivity contribution in [3.63, 3.8) is 0 Å². The lowest BCUT2D eigenvalue weighted by atomic mass is 10.0. The number of hydrogen-bond acceptors (Lipinski definition) is 4. The number of anilines is 1. The average Bonchev–Trinajstić information content (AvgIpc) is 2.95.